The number of aromatic nitrogens is 1. The van der Waals surface area contributed by atoms with Gasteiger partial charge >= 0.3 is 12.2 Å². The first-order chi connectivity index (χ1) is 9.99. The quantitative estimate of drug-likeness (QED) is 0.566. The van der Waals surface area contributed by atoms with E-state index in [1.807, 2.05) is 10.3 Å². The lowest BCUT2D eigenvalue weighted by Gasteiger charge is -2.10. The predicted molar refractivity (Wildman–Crippen MR) is 71.9 cm³/mol. The molecule has 0 bridgehead atoms. The van der Waals surface area contributed by atoms with Crippen LogP contribution in [0.1, 0.15) is 5.56 Å². The van der Waals surface area contributed by atoms with Gasteiger partial charge in [-0.25, -0.2) is 17.9 Å². The minimum atomic E-state index is -4.67. The van der Waals surface area contributed by atoms with Crippen LogP contribution in [0.3, 0.4) is 0 Å². The summed E-state index contributed by atoms with van der Waals surface area (Å²) in [5.41, 5.74) is -2.61. The number of hydrogen-bond donors (Lipinski definition) is 4. The zero-order valence-electron chi connectivity index (χ0n) is 11.2. The van der Waals surface area contributed by atoms with Crippen LogP contribution in [0.15, 0.2) is 17.1 Å². The zero-order chi connectivity index (χ0) is 17.0. The van der Waals surface area contributed by atoms with Crippen molar-refractivity contribution >= 4 is 21.7 Å². The topological polar surface area (TPSA) is 120 Å². The molecular weight excluding hydrogens is 329 g/mol. The van der Waals surface area contributed by atoms with Crippen LogP contribution >= 0.6 is 0 Å². The van der Waals surface area contributed by atoms with Crippen LogP contribution in [0.25, 0.3) is 0 Å². The number of alkyl halides is 3. The zero-order valence-corrected chi connectivity index (χ0v) is 12.1. The van der Waals surface area contributed by atoms with Gasteiger partial charge in [0.15, 0.2) is 0 Å². The van der Waals surface area contributed by atoms with Crippen molar-refractivity contribution in [3.05, 3.63) is 28.2 Å². The largest absolute Gasteiger partial charge is 0.417 e. The number of H-pyrrole nitrogens is 1. The highest BCUT2D eigenvalue weighted by atomic mass is 32.2. The van der Waals surface area contributed by atoms with Gasteiger partial charge in [-0.15, -0.1) is 0 Å². The van der Waals surface area contributed by atoms with Gasteiger partial charge < -0.3 is 15.6 Å². The van der Waals surface area contributed by atoms with Crippen molar-refractivity contribution in [3.8, 4) is 0 Å². The molecule has 0 saturated heterocycles. The molecule has 1 rings (SSSR count). The van der Waals surface area contributed by atoms with Gasteiger partial charge in [-0.05, 0) is 6.07 Å². The number of carbonyl (C=O) groups is 1. The van der Waals surface area contributed by atoms with Crippen molar-refractivity contribution in [1.29, 1.82) is 0 Å². The second-order valence-electron chi connectivity index (χ2n) is 4.18. The average Bonchev–Trinajstić information content (AvgIpc) is 2.35. The molecule has 124 valence electrons. The van der Waals surface area contributed by atoms with E-state index >= 15 is 0 Å². The standard InChI is InChI=1S/C10H13F3N4O4S/c1-22(20,21)16-3-2-14-9(19)17-7-4-6(10(11,12)13)5-15-8(7)18/h4-5,16H,2-3H2,1H3,(H,15,18)(H2,14,17,19). The molecule has 8 nitrogen and oxygen atoms in total. The third-order valence-electron chi connectivity index (χ3n) is 2.25. The molecule has 0 aliphatic rings. The first-order valence-corrected chi connectivity index (χ1v) is 7.67. The van der Waals surface area contributed by atoms with E-state index < -0.39 is 39.0 Å². The molecule has 0 spiro atoms. The van der Waals surface area contributed by atoms with Crippen molar-refractivity contribution in [1.82, 2.24) is 15.0 Å². The molecule has 2 amide bonds. The molecule has 0 fully saturated rings. The van der Waals surface area contributed by atoms with E-state index in [1.54, 1.807) is 0 Å². The maximum absolute atomic E-state index is 12.5. The van der Waals surface area contributed by atoms with Crippen molar-refractivity contribution in [2.45, 2.75) is 6.18 Å². The maximum atomic E-state index is 12.5. The fourth-order valence-electron chi connectivity index (χ4n) is 1.32. The van der Waals surface area contributed by atoms with Gasteiger partial charge in [0.25, 0.3) is 5.56 Å². The predicted octanol–water partition coefficient (Wildman–Crippen LogP) is 0.0644. The van der Waals surface area contributed by atoms with Crippen molar-refractivity contribution in [2.24, 2.45) is 0 Å². The van der Waals surface area contributed by atoms with Crippen molar-refractivity contribution < 1.29 is 26.4 Å². The lowest BCUT2D eigenvalue weighted by molar-refractivity contribution is -0.137. The lowest BCUT2D eigenvalue weighted by Crippen LogP contribution is -2.37. The molecule has 0 aliphatic heterocycles. The van der Waals surface area contributed by atoms with Crippen LogP contribution < -0.4 is 20.9 Å². The maximum Gasteiger partial charge on any atom is 0.417 e. The Labute approximate surface area is 123 Å². The summed E-state index contributed by atoms with van der Waals surface area (Å²) in [7, 11) is -3.41. The number of pyridine rings is 1. The van der Waals surface area contributed by atoms with Gasteiger partial charge in [-0.3, -0.25) is 4.79 Å². The van der Waals surface area contributed by atoms with Gasteiger partial charge in [-0.2, -0.15) is 13.2 Å². The lowest BCUT2D eigenvalue weighted by atomic mass is 10.2. The second kappa shape index (κ2) is 6.79. The molecule has 1 aromatic rings. The van der Waals surface area contributed by atoms with Gasteiger partial charge in [0, 0.05) is 19.3 Å². The van der Waals surface area contributed by atoms with E-state index in [1.165, 1.54) is 0 Å². The highest BCUT2D eigenvalue weighted by Gasteiger charge is 2.31. The van der Waals surface area contributed by atoms with Crippen LogP contribution in [0.2, 0.25) is 0 Å². The number of amides is 2. The summed E-state index contributed by atoms with van der Waals surface area (Å²) in [6.45, 7) is -0.221. The van der Waals surface area contributed by atoms with Crippen LogP contribution in [-0.2, 0) is 16.2 Å². The number of aromatic amines is 1. The SMILES string of the molecule is CS(=O)(=O)NCCNC(=O)Nc1cc(C(F)(F)F)c[nH]c1=O. The van der Waals surface area contributed by atoms with E-state index in [4.69, 9.17) is 0 Å². The number of anilines is 1. The number of sulfonamides is 1. The van der Waals surface area contributed by atoms with E-state index in [0.717, 1.165) is 6.26 Å². The molecule has 0 aromatic carbocycles. The first-order valence-electron chi connectivity index (χ1n) is 5.78. The highest BCUT2D eigenvalue weighted by molar-refractivity contribution is 7.88. The molecule has 4 N–H and O–H groups in total. The molecule has 22 heavy (non-hydrogen) atoms. The van der Waals surface area contributed by atoms with E-state index in [9.17, 15) is 31.2 Å². The Morgan fingerprint density at radius 1 is 1.32 bits per heavy atom. The molecular formula is C10H13F3N4O4S. The normalized spacial score (nSPS) is 12.0. The van der Waals surface area contributed by atoms with Gasteiger partial charge in [0.2, 0.25) is 10.0 Å². The third kappa shape index (κ3) is 6.13. The van der Waals surface area contributed by atoms with Crippen LogP contribution in [-0.4, -0.2) is 38.8 Å². The highest BCUT2D eigenvalue weighted by Crippen LogP contribution is 2.28. The number of nitrogens with one attached hydrogen (secondary N) is 4. The minimum absolute atomic E-state index is 0.106. The minimum Gasteiger partial charge on any atom is -0.337 e. The number of halogens is 3. The van der Waals surface area contributed by atoms with Crippen LogP contribution in [0, 0.1) is 0 Å². The second-order valence-corrected chi connectivity index (χ2v) is 6.01. The summed E-state index contributed by atoms with van der Waals surface area (Å²) < 4.78 is 61.0. The Bertz CT molecular complexity index is 699. The molecule has 0 radical (unpaired) electrons. The summed E-state index contributed by atoms with van der Waals surface area (Å²) in [6, 6.07) is -0.451. The van der Waals surface area contributed by atoms with Gasteiger partial charge in [-0.1, -0.05) is 0 Å². The molecule has 12 heteroatoms. The molecule has 0 atom stereocenters. The molecule has 1 aromatic heterocycles. The van der Waals surface area contributed by atoms with E-state index in [2.05, 4.69) is 10.0 Å². The molecule has 0 saturated carbocycles. The molecule has 0 aliphatic carbocycles. The summed E-state index contributed by atoms with van der Waals surface area (Å²) in [5.74, 6) is 0. The molecule has 0 unspecified atom stereocenters. The van der Waals surface area contributed by atoms with E-state index in [-0.39, 0.29) is 13.1 Å². The van der Waals surface area contributed by atoms with Gasteiger partial charge in [0.1, 0.15) is 5.69 Å². The average molecular weight is 342 g/mol. The monoisotopic (exact) mass is 342 g/mol. The van der Waals surface area contributed by atoms with Crippen molar-refractivity contribution in [3.63, 3.8) is 0 Å². The fourth-order valence-corrected chi connectivity index (χ4v) is 1.79. The fraction of sp³-hybridized carbons (Fsp3) is 0.400. The van der Waals surface area contributed by atoms with Crippen LogP contribution in [0.4, 0.5) is 23.7 Å². The first kappa shape index (κ1) is 18.0. The number of hydrogen-bond acceptors (Lipinski definition) is 4. The third-order valence-corrected chi connectivity index (χ3v) is 2.98. The Morgan fingerprint density at radius 3 is 2.50 bits per heavy atom. The summed E-state index contributed by atoms with van der Waals surface area (Å²) in [4.78, 5) is 24.6. The Morgan fingerprint density at radius 2 is 1.95 bits per heavy atom. The van der Waals surface area contributed by atoms with E-state index in [0.29, 0.717) is 12.3 Å². The number of rotatable bonds is 5. The van der Waals surface area contributed by atoms with Crippen molar-refractivity contribution in [2.75, 3.05) is 24.7 Å². The van der Waals surface area contributed by atoms with Crippen LogP contribution in [0.5, 0.6) is 0 Å². The summed E-state index contributed by atoms with van der Waals surface area (Å²) in [6.07, 6.45) is -3.26. The number of carbonyl (C=O) groups excluding carboxylic acids is 1. The summed E-state index contributed by atoms with van der Waals surface area (Å²) in [5, 5.41) is 4.13. The molecule has 1 heterocycles. The number of urea groups is 1. The van der Waals surface area contributed by atoms with Gasteiger partial charge in [0.05, 0.1) is 11.8 Å². The Kier molecular flexibility index (Phi) is 5.54. The Balaban J connectivity index is 2.63. The smallest absolute Gasteiger partial charge is 0.337 e. The Hall–Kier alpha value is -2.08. The summed E-state index contributed by atoms with van der Waals surface area (Å²) >= 11 is 0.